The van der Waals surface area contributed by atoms with Crippen molar-refractivity contribution >= 4 is 5.97 Å². The topological polar surface area (TPSA) is 78.9 Å². The quantitative estimate of drug-likeness (QED) is 0.820. The summed E-state index contributed by atoms with van der Waals surface area (Å²) in [6.07, 6.45) is 5.57. The van der Waals surface area contributed by atoms with E-state index in [1.807, 2.05) is 13.0 Å². The number of carboxylic acid groups (broad SMARTS) is 1. The molecule has 0 aliphatic carbocycles. The van der Waals surface area contributed by atoms with Gasteiger partial charge in [0.15, 0.2) is 0 Å². The molecule has 0 bridgehead atoms. The molecule has 0 unspecified atom stereocenters. The molecule has 0 spiro atoms. The molecule has 2 aromatic rings. The Labute approximate surface area is 92.2 Å². The Bertz CT molecular complexity index is 519. The lowest BCUT2D eigenvalue weighted by Crippen LogP contribution is -1.96. The molecule has 0 fully saturated rings. The number of carbonyl (C=O) groups is 1. The summed E-state index contributed by atoms with van der Waals surface area (Å²) in [7, 11) is 0. The van der Waals surface area contributed by atoms with Crippen molar-refractivity contribution in [1.82, 2.24) is 15.0 Å². The number of nitrogens with zero attached hydrogens (tertiary/aromatic N) is 2. The number of imidazole rings is 1. The number of H-pyrrole nitrogens is 1. The Kier molecular flexibility index (Phi) is 2.68. The number of pyridine rings is 1. The molecule has 82 valence electrons. The molecule has 16 heavy (non-hydrogen) atoms. The number of aromatic carboxylic acids is 1. The fourth-order valence-corrected chi connectivity index (χ4v) is 1.51. The fraction of sp³-hybridized carbons (Fsp3) is 0.182. The number of aromatic amines is 1. The van der Waals surface area contributed by atoms with Gasteiger partial charge in [-0.2, -0.15) is 0 Å². The van der Waals surface area contributed by atoms with Gasteiger partial charge in [0, 0.05) is 18.0 Å². The molecule has 0 atom stereocenters. The zero-order valence-electron chi connectivity index (χ0n) is 8.77. The Morgan fingerprint density at radius 1 is 1.50 bits per heavy atom. The monoisotopic (exact) mass is 217 g/mol. The van der Waals surface area contributed by atoms with E-state index < -0.39 is 5.97 Å². The molecule has 0 radical (unpaired) electrons. The van der Waals surface area contributed by atoms with Gasteiger partial charge in [-0.25, -0.2) is 9.78 Å². The van der Waals surface area contributed by atoms with E-state index in [1.165, 1.54) is 6.20 Å². The van der Waals surface area contributed by atoms with Crippen LogP contribution in [0.4, 0.5) is 0 Å². The molecule has 0 aliphatic heterocycles. The summed E-state index contributed by atoms with van der Waals surface area (Å²) in [5.41, 5.74) is 2.02. The smallest absolute Gasteiger partial charge is 0.353 e. The van der Waals surface area contributed by atoms with Crippen LogP contribution in [0.5, 0.6) is 0 Å². The largest absolute Gasteiger partial charge is 0.477 e. The number of aromatic nitrogens is 3. The number of hydrogen-bond acceptors (Lipinski definition) is 3. The maximum Gasteiger partial charge on any atom is 0.353 e. The summed E-state index contributed by atoms with van der Waals surface area (Å²) < 4.78 is 0. The minimum atomic E-state index is -1.01. The first-order valence-corrected chi connectivity index (χ1v) is 4.94. The van der Waals surface area contributed by atoms with Crippen LogP contribution < -0.4 is 0 Å². The van der Waals surface area contributed by atoms with Crippen molar-refractivity contribution in [3.05, 3.63) is 35.9 Å². The number of rotatable bonds is 3. The molecule has 0 amide bonds. The highest BCUT2D eigenvalue weighted by molar-refractivity contribution is 5.86. The van der Waals surface area contributed by atoms with Crippen LogP contribution in [0.3, 0.4) is 0 Å². The standard InChI is InChI=1S/C11H11N3O2/c1-2-7-5-12-4-3-8(7)10-13-6-9(14-10)11(15)16/h3-6H,2H2,1H3,(H,13,14)(H,15,16). The Balaban J connectivity index is 2.46. The first-order valence-electron chi connectivity index (χ1n) is 4.94. The van der Waals surface area contributed by atoms with Crippen LogP contribution in [-0.4, -0.2) is 26.0 Å². The average Bonchev–Trinajstić information content (AvgIpc) is 2.78. The third-order valence-electron chi connectivity index (χ3n) is 2.35. The van der Waals surface area contributed by atoms with E-state index in [1.54, 1.807) is 12.4 Å². The second kappa shape index (κ2) is 4.14. The third-order valence-corrected chi connectivity index (χ3v) is 2.35. The van der Waals surface area contributed by atoms with E-state index in [4.69, 9.17) is 5.11 Å². The molecular weight excluding hydrogens is 206 g/mol. The van der Waals surface area contributed by atoms with Gasteiger partial charge in [0.25, 0.3) is 0 Å². The van der Waals surface area contributed by atoms with Crippen LogP contribution in [0.1, 0.15) is 23.0 Å². The summed E-state index contributed by atoms with van der Waals surface area (Å²) in [6, 6.07) is 1.82. The van der Waals surface area contributed by atoms with Crippen LogP contribution >= 0.6 is 0 Å². The van der Waals surface area contributed by atoms with E-state index in [9.17, 15) is 4.79 Å². The maximum atomic E-state index is 10.7. The summed E-state index contributed by atoms with van der Waals surface area (Å²) >= 11 is 0. The highest BCUT2D eigenvalue weighted by Gasteiger charge is 2.10. The van der Waals surface area contributed by atoms with Crippen molar-refractivity contribution in [2.45, 2.75) is 13.3 Å². The van der Waals surface area contributed by atoms with Crippen LogP contribution in [0, 0.1) is 0 Å². The fourth-order valence-electron chi connectivity index (χ4n) is 1.51. The number of aryl methyl sites for hydroxylation is 1. The van der Waals surface area contributed by atoms with Gasteiger partial charge in [0.2, 0.25) is 0 Å². The first-order chi connectivity index (χ1) is 7.72. The summed E-state index contributed by atoms with van der Waals surface area (Å²) in [5.74, 6) is -0.442. The Morgan fingerprint density at radius 3 is 2.94 bits per heavy atom. The van der Waals surface area contributed by atoms with E-state index in [-0.39, 0.29) is 5.69 Å². The molecule has 0 saturated carbocycles. The van der Waals surface area contributed by atoms with E-state index in [2.05, 4.69) is 15.0 Å². The van der Waals surface area contributed by atoms with Crippen molar-refractivity contribution < 1.29 is 9.90 Å². The molecule has 2 heterocycles. The lowest BCUT2D eigenvalue weighted by Gasteiger charge is -2.02. The van der Waals surface area contributed by atoms with Crippen molar-refractivity contribution in [1.29, 1.82) is 0 Å². The van der Waals surface area contributed by atoms with Gasteiger partial charge in [-0.1, -0.05) is 6.92 Å². The van der Waals surface area contributed by atoms with E-state index in [0.29, 0.717) is 5.82 Å². The number of hydrogen-bond donors (Lipinski definition) is 2. The SMILES string of the molecule is CCc1cnccc1-c1ncc(C(=O)O)[nH]1. The van der Waals surface area contributed by atoms with Gasteiger partial charge >= 0.3 is 5.97 Å². The normalized spacial score (nSPS) is 10.3. The minimum absolute atomic E-state index is 0.0915. The van der Waals surface area contributed by atoms with Crippen LogP contribution in [0.15, 0.2) is 24.7 Å². The highest BCUT2D eigenvalue weighted by atomic mass is 16.4. The number of carboxylic acids is 1. The van der Waals surface area contributed by atoms with Crippen LogP contribution in [0.25, 0.3) is 11.4 Å². The molecule has 0 saturated heterocycles. The van der Waals surface area contributed by atoms with Crippen LogP contribution in [0.2, 0.25) is 0 Å². The van der Waals surface area contributed by atoms with Crippen molar-refractivity contribution in [2.24, 2.45) is 0 Å². The van der Waals surface area contributed by atoms with Crippen molar-refractivity contribution in [3.8, 4) is 11.4 Å². The second-order valence-corrected chi connectivity index (χ2v) is 3.34. The van der Waals surface area contributed by atoms with Crippen molar-refractivity contribution in [3.63, 3.8) is 0 Å². The first kappa shape index (κ1) is 10.4. The summed E-state index contributed by atoms with van der Waals surface area (Å²) in [6.45, 7) is 2.02. The molecule has 0 aromatic carbocycles. The van der Waals surface area contributed by atoms with E-state index in [0.717, 1.165) is 17.5 Å². The third kappa shape index (κ3) is 1.79. The Hall–Kier alpha value is -2.17. The Morgan fingerprint density at radius 2 is 2.31 bits per heavy atom. The second-order valence-electron chi connectivity index (χ2n) is 3.34. The van der Waals surface area contributed by atoms with E-state index >= 15 is 0 Å². The lowest BCUT2D eigenvalue weighted by molar-refractivity contribution is 0.0691. The molecule has 2 rings (SSSR count). The van der Waals surface area contributed by atoms with Crippen molar-refractivity contribution in [2.75, 3.05) is 0 Å². The van der Waals surface area contributed by atoms with Gasteiger partial charge in [0.05, 0.1) is 6.20 Å². The summed E-state index contributed by atoms with van der Waals surface area (Å²) in [4.78, 5) is 21.6. The minimum Gasteiger partial charge on any atom is -0.477 e. The zero-order valence-corrected chi connectivity index (χ0v) is 8.77. The van der Waals surface area contributed by atoms with Gasteiger partial charge < -0.3 is 10.1 Å². The number of nitrogens with one attached hydrogen (secondary N) is 1. The molecule has 5 heteroatoms. The molecule has 2 N–H and O–H groups in total. The zero-order chi connectivity index (χ0) is 11.5. The van der Waals surface area contributed by atoms with Gasteiger partial charge in [0.1, 0.15) is 11.5 Å². The van der Waals surface area contributed by atoms with Gasteiger partial charge in [-0.15, -0.1) is 0 Å². The molecule has 0 aliphatic rings. The highest BCUT2D eigenvalue weighted by Crippen LogP contribution is 2.20. The lowest BCUT2D eigenvalue weighted by atomic mass is 10.1. The summed E-state index contributed by atoms with van der Waals surface area (Å²) in [5, 5.41) is 8.79. The predicted molar refractivity (Wildman–Crippen MR) is 58.2 cm³/mol. The average molecular weight is 217 g/mol. The van der Waals surface area contributed by atoms with Gasteiger partial charge in [-0.05, 0) is 18.1 Å². The molecular formula is C11H11N3O2. The molecule has 5 nitrogen and oxygen atoms in total. The van der Waals surface area contributed by atoms with Gasteiger partial charge in [-0.3, -0.25) is 4.98 Å². The van der Waals surface area contributed by atoms with Crippen LogP contribution in [-0.2, 0) is 6.42 Å². The predicted octanol–water partition coefficient (Wildman–Crippen LogP) is 1.73. The molecule has 2 aromatic heterocycles. The maximum absolute atomic E-state index is 10.7.